The van der Waals surface area contributed by atoms with Crippen LogP contribution in [0.1, 0.15) is 44.9 Å². The Morgan fingerprint density at radius 2 is 2.00 bits per heavy atom. The molecule has 3 nitrogen and oxygen atoms in total. The van der Waals surface area contributed by atoms with Crippen LogP contribution in [-0.2, 0) is 4.79 Å². The number of aliphatic carboxylic acids is 1. The summed E-state index contributed by atoms with van der Waals surface area (Å²) in [5, 5.41) is 8.80. The molecule has 1 N–H and O–H groups in total. The molecule has 0 aromatic rings. The van der Waals surface area contributed by atoms with Gasteiger partial charge in [0.05, 0.1) is 6.42 Å². The van der Waals surface area contributed by atoms with Crippen molar-refractivity contribution in [3.05, 3.63) is 0 Å². The van der Waals surface area contributed by atoms with E-state index in [1.807, 2.05) is 0 Å². The average molecular weight is 237 g/mol. The Kier molecular flexibility index (Phi) is 3.12. The predicted octanol–water partition coefficient (Wildman–Crippen LogP) is 2.36. The molecular weight excluding hydrogens is 214 g/mol. The minimum Gasteiger partial charge on any atom is -0.481 e. The summed E-state index contributed by atoms with van der Waals surface area (Å²) in [6.45, 7) is 1.95. The van der Waals surface area contributed by atoms with E-state index in [4.69, 9.17) is 5.11 Å². The zero-order valence-corrected chi connectivity index (χ0v) is 10.5. The van der Waals surface area contributed by atoms with Crippen LogP contribution in [0.2, 0.25) is 0 Å². The fourth-order valence-corrected chi connectivity index (χ4v) is 4.00. The highest BCUT2D eigenvalue weighted by atomic mass is 16.4. The molecule has 3 atom stereocenters. The van der Waals surface area contributed by atoms with Crippen molar-refractivity contribution in [2.75, 3.05) is 13.1 Å². The minimum absolute atomic E-state index is 0.317. The van der Waals surface area contributed by atoms with Gasteiger partial charge >= 0.3 is 5.97 Å². The first-order chi connectivity index (χ1) is 8.22. The SMILES string of the molecule is O=C(O)CCN(CC1CC2CCC1C2)C1CC1. The first-order valence-corrected chi connectivity index (χ1v) is 7.18. The molecule has 17 heavy (non-hydrogen) atoms. The molecular formula is C14H23NO2. The van der Waals surface area contributed by atoms with Gasteiger partial charge < -0.3 is 5.11 Å². The molecule has 0 aliphatic heterocycles. The third-order valence-corrected chi connectivity index (χ3v) is 5.03. The highest BCUT2D eigenvalue weighted by Crippen LogP contribution is 2.49. The molecule has 3 unspecified atom stereocenters. The molecule has 3 aliphatic rings. The van der Waals surface area contributed by atoms with Crippen molar-refractivity contribution >= 4 is 5.97 Å². The van der Waals surface area contributed by atoms with Crippen LogP contribution in [-0.4, -0.2) is 35.1 Å². The largest absolute Gasteiger partial charge is 0.481 e. The monoisotopic (exact) mass is 237 g/mol. The van der Waals surface area contributed by atoms with E-state index in [9.17, 15) is 4.79 Å². The van der Waals surface area contributed by atoms with Gasteiger partial charge in [0.1, 0.15) is 0 Å². The van der Waals surface area contributed by atoms with Gasteiger partial charge in [-0.15, -0.1) is 0 Å². The highest BCUT2D eigenvalue weighted by Gasteiger charge is 2.41. The van der Waals surface area contributed by atoms with Gasteiger partial charge in [-0.05, 0) is 49.9 Å². The molecule has 96 valence electrons. The molecule has 0 spiro atoms. The third kappa shape index (κ3) is 2.65. The van der Waals surface area contributed by atoms with Gasteiger partial charge in [0, 0.05) is 19.1 Å². The normalized spacial score (nSPS) is 35.7. The first-order valence-electron chi connectivity index (χ1n) is 7.18. The highest BCUT2D eigenvalue weighted by molar-refractivity contribution is 5.66. The number of hydrogen-bond donors (Lipinski definition) is 1. The van der Waals surface area contributed by atoms with Crippen LogP contribution >= 0.6 is 0 Å². The number of fused-ring (bicyclic) bond motifs is 2. The van der Waals surface area contributed by atoms with Crippen molar-refractivity contribution in [3.63, 3.8) is 0 Å². The fraction of sp³-hybridized carbons (Fsp3) is 0.929. The Morgan fingerprint density at radius 3 is 2.53 bits per heavy atom. The lowest BCUT2D eigenvalue weighted by atomic mass is 9.88. The lowest BCUT2D eigenvalue weighted by Crippen LogP contribution is -2.35. The van der Waals surface area contributed by atoms with Crippen LogP contribution < -0.4 is 0 Å². The Hall–Kier alpha value is -0.570. The number of rotatable bonds is 6. The van der Waals surface area contributed by atoms with Crippen molar-refractivity contribution in [1.29, 1.82) is 0 Å². The van der Waals surface area contributed by atoms with Crippen molar-refractivity contribution in [2.24, 2.45) is 17.8 Å². The molecule has 3 rings (SSSR count). The average Bonchev–Trinajstić information content (AvgIpc) is 2.93. The zero-order chi connectivity index (χ0) is 11.8. The lowest BCUT2D eigenvalue weighted by molar-refractivity contribution is -0.137. The maximum atomic E-state index is 10.7. The quantitative estimate of drug-likeness (QED) is 0.771. The second-order valence-corrected chi connectivity index (χ2v) is 6.30. The summed E-state index contributed by atoms with van der Waals surface area (Å²) in [7, 11) is 0. The van der Waals surface area contributed by atoms with Crippen LogP contribution in [0.4, 0.5) is 0 Å². The number of hydrogen-bond acceptors (Lipinski definition) is 2. The number of nitrogens with zero attached hydrogens (tertiary/aromatic N) is 1. The fourth-order valence-electron chi connectivity index (χ4n) is 4.00. The molecule has 0 heterocycles. The van der Waals surface area contributed by atoms with Gasteiger partial charge in [-0.2, -0.15) is 0 Å². The Morgan fingerprint density at radius 1 is 1.18 bits per heavy atom. The topological polar surface area (TPSA) is 40.5 Å². The Balaban J connectivity index is 1.51. The minimum atomic E-state index is -0.649. The third-order valence-electron chi connectivity index (χ3n) is 5.03. The van der Waals surface area contributed by atoms with Gasteiger partial charge in [-0.1, -0.05) is 6.42 Å². The molecule has 3 aliphatic carbocycles. The molecule has 0 aromatic carbocycles. The molecule has 3 heteroatoms. The molecule has 0 saturated heterocycles. The van der Waals surface area contributed by atoms with Crippen molar-refractivity contribution in [1.82, 2.24) is 4.90 Å². The van der Waals surface area contributed by atoms with E-state index < -0.39 is 5.97 Å². The van der Waals surface area contributed by atoms with Crippen LogP contribution in [0.5, 0.6) is 0 Å². The summed E-state index contributed by atoms with van der Waals surface area (Å²) < 4.78 is 0. The summed E-state index contributed by atoms with van der Waals surface area (Å²) in [4.78, 5) is 13.2. The van der Waals surface area contributed by atoms with Gasteiger partial charge in [0.15, 0.2) is 0 Å². The molecule has 3 fully saturated rings. The smallest absolute Gasteiger partial charge is 0.304 e. The molecule has 3 saturated carbocycles. The summed E-state index contributed by atoms with van der Waals surface area (Å²) in [6.07, 6.45) is 8.67. The van der Waals surface area contributed by atoms with Crippen LogP contribution in [0.25, 0.3) is 0 Å². The molecule has 0 aromatic heterocycles. The lowest BCUT2D eigenvalue weighted by Gasteiger charge is -2.29. The summed E-state index contributed by atoms with van der Waals surface area (Å²) in [6, 6.07) is 0.716. The Labute approximate surface area is 103 Å². The van der Waals surface area contributed by atoms with Gasteiger partial charge in [0.2, 0.25) is 0 Å². The maximum Gasteiger partial charge on any atom is 0.304 e. The summed E-state index contributed by atoms with van der Waals surface area (Å²) in [5.74, 6) is 2.20. The molecule has 0 amide bonds. The molecule has 0 radical (unpaired) electrons. The van der Waals surface area contributed by atoms with Gasteiger partial charge in [0.25, 0.3) is 0 Å². The van der Waals surface area contributed by atoms with Gasteiger partial charge in [-0.3, -0.25) is 9.69 Å². The summed E-state index contributed by atoms with van der Waals surface area (Å²) in [5.41, 5.74) is 0. The zero-order valence-electron chi connectivity index (χ0n) is 10.5. The Bertz CT molecular complexity index is 301. The van der Waals surface area contributed by atoms with Gasteiger partial charge in [-0.25, -0.2) is 0 Å². The van der Waals surface area contributed by atoms with E-state index in [0.29, 0.717) is 12.5 Å². The van der Waals surface area contributed by atoms with Crippen molar-refractivity contribution in [3.8, 4) is 0 Å². The maximum absolute atomic E-state index is 10.7. The van der Waals surface area contributed by atoms with Crippen LogP contribution in [0.15, 0.2) is 0 Å². The first kappa shape index (κ1) is 11.5. The van der Waals surface area contributed by atoms with E-state index in [1.165, 1.54) is 45.1 Å². The number of carboxylic acid groups (broad SMARTS) is 1. The summed E-state index contributed by atoms with van der Waals surface area (Å²) >= 11 is 0. The predicted molar refractivity (Wildman–Crippen MR) is 65.8 cm³/mol. The van der Waals surface area contributed by atoms with E-state index in [1.54, 1.807) is 0 Å². The van der Waals surface area contributed by atoms with Crippen LogP contribution in [0, 0.1) is 17.8 Å². The number of carbonyl (C=O) groups is 1. The molecule has 2 bridgehead atoms. The van der Waals surface area contributed by atoms with Crippen LogP contribution in [0.3, 0.4) is 0 Å². The van der Waals surface area contributed by atoms with E-state index >= 15 is 0 Å². The van der Waals surface area contributed by atoms with E-state index in [2.05, 4.69) is 4.90 Å². The van der Waals surface area contributed by atoms with Crippen molar-refractivity contribution < 1.29 is 9.90 Å². The standard InChI is InChI=1S/C14H23NO2/c16-14(17)5-6-15(13-3-4-13)9-12-8-10-1-2-11(12)7-10/h10-13H,1-9H2,(H,16,17). The van der Waals surface area contributed by atoms with Crippen molar-refractivity contribution in [2.45, 2.75) is 51.0 Å². The van der Waals surface area contributed by atoms with E-state index in [-0.39, 0.29) is 0 Å². The second-order valence-electron chi connectivity index (χ2n) is 6.30. The second kappa shape index (κ2) is 4.60. The van der Waals surface area contributed by atoms with E-state index in [0.717, 1.165) is 24.3 Å². The number of carboxylic acids is 1.